The van der Waals surface area contributed by atoms with Gasteiger partial charge in [0.25, 0.3) is 0 Å². The lowest BCUT2D eigenvalue weighted by Crippen LogP contribution is -2.32. The largest absolute Gasteiger partial charge is 0.342 e. The number of aryl methyl sites for hydroxylation is 1. The van der Waals surface area contributed by atoms with Crippen LogP contribution in [-0.4, -0.2) is 30.4 Å². The van der Waals surface area contributed by atoms with Crippen molar-refractivity contribution in [2.75, 3.05) is 19.6 Å². The molecule has 2 unspecified atom stereocenters. The molecule has 1 saturated heterocycles. The van der Waals surface area contributed by atoms with Crippen LogP contribution in [0.4, 0.5) is 0 Å². The van der Waals surface area contributed by atoms with Crippen LogP contribution in [0.25, 0.3) is 0 Å². The van der Waals surface area contributed by atoms with Crippen molar-refractivity contribution >= 4 is 18.3 Å². The number of nitrogens with zero attached hydrogens (tertiary/aromatic N) is 1. The Labute approximate surface area is 133 Å². The molecule has 1 aromatic carbocycles. The van der Waals surface area contributed by atoms with Crippen molar-refractivity contribution in [3.8, 4) is 0 Å². The fourth-order valence-corrected chi connectivity index (χ4v) is 3.58. The van der Waals surface area contributed by atoms with E-state index in [9.17, 15) is 4.79 Å². The number of halogens is 1. The summed E-state index contributed by atoms with van der Waals surface area (Å²) < 4.78 is 0. The molecule has 0 bridgehead atoms. The quantitative estimate of drug-likeness (QED) is 0.932. The molecular weight excluding hydrogens is 284 g/mol. The summed E-state index contributed by atoms with van der Waals surface area (Å²) in [6.07, 6.45) is 5.13. The first-order valence-electron chi connectivity index (χ1n) is 7.81. The molecule has 116 valence electrons. The number of nitrogens with two attached hydrogens (primary N) is 1. The zero-order chi connectivity index (χ0) is 13.9. The summed E-state index contributed by atoms with van der Waals surface area (Å²) in [6, 6.07) is 8.66. The second-order valence-corrected chi connectivity index (χ2v) is 6.31. The Morgan fingerprint density at radius 1 is 1.19 bits per heavy atom. The zero-order valence-electron chi connectivity index (χ0n) is 12.5. The van der Waals surface area contributed by atoms with Gasteiger partial charge in [-0.15, -0.1) is 12.4 Å². The average Bonchev–Trinajstić information content (AvgIpc) is 2.96. The second kappa shape index (κ2) is 7.28. The zero-order valence-corrected chi connectivity index (χ0v) is 13.3. The third kappa shape index (κ3) is 3.78. The maximum atomic E-state index is 12.4. The van der Waals surface area contributed by atoms with Gasteiger partial charge >= 0.3 is 0 Å². The molecule has 1 amide bonds. The third-order valence-corrected chi connectivity index (χ3v) is 4.88. The number of amides is 1. The Bertz CT molecular complexity index is 491. The molecule has 0 saturated carbocycles. The maximum absolute atomic E-state index is 12.4. The van der Waals surface area contributed by atoms with Gasteiger partial charge in [-0.05, 0) is 55.2 Å². The van der Waals surface area contributed by atoms with Gasteiger partial charge in [0.05, 0.1) is 0 Å². The van der Waals surface area contributed by atoms with Crippen molar-refractivity contribution in [3.05, 3.63) is 35.4 Å². The van der Waals surface area contributed by atoms with Crippen LogP contribution in [0.15, 0.2) is 24.3 Å². The van der Waals surface area contributed by atoms with Gasteiger partial charge in [-0.2, -0.15) is 0 Å². The Hall–Kier alpha value is -1.06. The molecule has 21 heavy (non-hydrogen) atoms. The first-order valence-corrected chi connectivity index (χ1v) is 7.81. The highest BCUT2D eigenvalue weighted by Crippen LogP contribution is 2.28. The molecule has 3 nitrogen and oxygen atoms in total. The van der Waals surface area contributed by atoms with E-state index in [1.165, 1.54) is 11.1 Å². The van der Waals surface area contributed by atoms with Gasteiger partial charge in [0.1, 0.15) is 0 Å². The van der Waals surface area contributed by atoms with Crippen molar-refractivity contribution in [1.82, 2.24) is 4.90 Å². The topological polar surface area (TPSA) is 46.3 Å². The van der Waals surface area contributed by atoms with Gasteiger partial charge in [-0.1, -0.05) is 24.3 Å². The summed E-state index contributed by atoms with van der Waals surface area (Å²) in [7, 11) is 0. The van der Waals surface area contributed by atoms with Crippen molar-refractivity contribution in [1.29, 1.82) is 0 Å². The molecule has 1 heterocycles. The van der Waals surface area contributed by atoms with Crippen molar-refractivity contribution in [2.45, 2.75) is 32.1 Å². The van der Waals surface area contributed by atoms with Gasteiger partial charge in [0.2, 0.25) is 5.91 Å². The summed E-state index contributed by atoms with van der Waals surface area (Å²) in [5.41, 5.74) is 8.61. The predicted octanol–water partition coefficient (Wildman–Crippen LogP) is 2.41. The van der Waals surface area contributed by atoms with E-state index < -0.39 is 0 Å². The molecule has 2 N–H and O–H groups in total. The van der Waals surface area contributed by atoms with E-state index in [0.29, 0.717) is 30.7 Å². The van der Waals surface area contributed by atoms with Crippen LogP contribution >= 0.6 is 12.4 Å². The number of rotatable bonds is 3. The van der Waals surface area contributed by atoms with Crippen LogP contribution in [-0.2, 0) is 17.6 Å². The van der Waals surface area contributed by atoms with Crippen molar-refractivity contribution in [3.63, 3.8) is 0 Å². The van der Waals surface area contributed by atoms with Crippen molar-refractivity contribution in [2.24, 2.45) is 17.6 Å². The van der Waals surface area contributed by atoms with E-state index >= 15 is 0 Å². The number of likely N-dealkylation sites (tertiary alicyclic amines) is 1. The minimum absolute atomic E-state index is 0. The lowest BCUT2D eigenvalue weighted by atomic mass is 9.82. The number of fused-ring (bicyclic) bond motifs is 1. The summed E-state index contributed by atoms with van der Waals surface area (Å²) in [6.45, 7) is 2.49. The fraction of sp³-hybridized carbons (Fsp3) is 0.588. The van der Waals surface area contributed by atoms with Gasteiger partial charge in [0, 0.05) is 19.5 Å². The van der Waals surface area contributed by atoms with Gasteiger partial charge in [0.15, 0.2) is 0 Å². The van der Waals surface area contributed by atoms with Crippen LogP contribution in [0.2, 0.25) is 0 Å². The number of hydrogen-bond donors (Lipinski definition) is 1. The Morgan fingerprint density at radius 3 is 2.67 bits per heavy atom. The van der Waals surface area contributed by atoms with Crippen LogP contribution in [0.3, 0.4) is 0 Å². The number of benzene rings is 1. The Morgan fingerprint density at radius 2 is 1.95 bits per heavy atom. The summed E-state index contributed by atoms with van der Waals surface area (Å²) in [5, 5.41) is 0. The highest BCUT2D eigenvalue weighted by atomic mass is 35.5. The first-order chi connectivity index (χ1) is 9.76. The molecule has 0 radical (unpaired) electrons. The van der Waals surface area contributed by atoms with Crippen LogP contribution in [0.5, 0.6) is 0 Å². The molecule has 1 aliphatic carbocycles. The Balaban J connectivity index is 0.00000161. The fourth-order valence-electron chi connectivity index (χ4n) is 3.58. The van der Waals surface area contributed by atoms with E-state index in [1.54, 1.807) is 0 Å². The predicted molar refractivity (Wildman–Crippen MR) is 87.6 cm³/mol. The second-order valence-electron chi connectivity index (χ2n) is 6.31. The molecule has 4 heteroatoms. The van der Waals surface area contributed by atoms with Gasteiger partial charge in [-0.25, -0.2) is 0 Å². The van der Waals surface area contributed by atoms with E-state index in [1.807, 2.05) is 4.90 Å². The molecular formula is C17H25ClN2O. The van der Waals surface area contributed by atoms with Crippen LogP contribution in [0.1, 0.15) is 30.4 Å². The summed E-state index contributed by atoms with van der Waals surface area (Å²) in [4.78, 5) is 14.4. The van der Waals surface area contributed by atoms with Crippen molar-refractivity contribution < 1.29 is 4.79 Å². The van der Waals surface area contributed by atoms with Crippen LogP contribution in [0, 0.1) is 11.8 Å². The highest BCUT2D eigenvalue weighted by molar-refractivity contribution is 5.85. The van der Waals surface area contributed by atoms with E-state index in [-0.39, 0.29) is 12.4 Å². The lowest BCUT2D eigenvalue weighted by molar-refractivity contribution is -0.131. The molecule has 0 aromatic heterocycles. The first kappa shape index (κ1) is 16.3. The molecule has 0 spiro atoms. The Kier molecular flexibility index (Phi) is 5.65. The smallest absolute Gasteiger partial charge is 0.222 e. The maximum Gasteiger partial charge on any atom is 0.222 e. The number of carbonyl (C=O) groups excluding carboxylic acids is 1. The SMILES string of the molecule is Cl.NCC1CCN(C(=O)CC2CCc3ccccc3C2)C1. The monoisotopic (exact) mass is 308 g/mol. The van der Waals surface area contributed by atoms with E-state index in [0.717, 1.165) is 38.8 Å². The minimum atomic E-state index is 0. The lowest BCUT2D eigenvalue weighted by Gasteiger charge is -2.26. The van der Waals surface area contributed by atoms with E-state index in [2.05, 4.69) is 24.3 Å². The van der Waals surface area contributed by atoms with Crippen LogP contribution < -0.4 is 5.73 Å². The summed E-state index contributed by atoms with van der Waals surface area (Å²) in [5.74, 6) is 1.38. The van der Waals surface area contributed by atoms with Gasteiger partial charge in [-0.3, -0.25) is 4.79 Å². The molecule has 3 rings (SSSR count). The summed E-state index contributed by atoms with van der Waals surface area (Å²) >= 11 is 0. The normalized spacial score (nSPS) is 24.3. The standard InChI is InChI=1S/C17H24N2O.ClH/c18-11-14-7-8-19(12-14)17(20)10-13-5-6-15-3-1-2-4-16(15)9-13;/h1-4,13-14H,5-12,18H2;1H. The number of hydrogen-bond acceptors (Lipinski definition) is 2. The molecule has 2 aliphatic rings. The average molecular weight is 309 g/mol. The third-order valence-electron chi connectivity index (χ3n) is 4.88. The molecule has 1 aromatic rings. The number of carbonyl (C=O) groups is 1. The highest BCUT2D eigenvalue weighted by Gasteiger charge is 2.28. The molecule has 2 atom stereocenters. The van der Waals surface area contributed by atoms with E-state index in [4.69, 9.17) is 5.73 Å². The molecule has 1 fully saturated rings. The van der Waals surface area contributed by atoms with Gasteiger partial charge < -0.3 is 10.6 Å². The minimum Gasteiger partial charge on any atom is -0.342 e. The molecule has 1 aliphatic heterocycles.